The Balaban J connectivity index is 1.68. The van der Waals surface area contributed by atoms with E-state index in [2.05, 4.69) is 4.98 Å². The summed E-state index contributed by atoms with van der Waals surface area (Å²) in [6.07, 6.45) is 1.62. The summed E-state index contributed by atoms with van der Waals surface area (Å²) in [7, 11) is -3.17. The maximum Gasteiger partial charge on any atom is 0.534 e. The molecule has 1 amide bonds. The highest BCUT2D eigenvalue weighted by Gasteiger charge is 2.50. The first-order chi connectivity index (χ1) is 19.4. The van der Waals surface area contributed by atoms with Crippen LogP contribution in [0.15, 0.2) is 60.8 Å². The second-order valence-electron chi connectivity index (χ2n) is 9.34. The molecule has 4 aromatic rings. The quantitative estimate of drug-likeness (QED) is 0.155. The van der Waals surface area contributed by atoms with Crippen molar-refractivity contribution in [1.29, 1.82) is 0 Å². The van der Waals surface area contributed by atoms with E-state index < -0.39 is 33.1 Å². The molecule has 214 valence electrons. The van der Waals surface area contributed by atoms with Crippen molar-refractivity contribution in [3.63, 3.8) is 0 Å². The molecule has 2 heterocycles. The summed E-state index contributed by atoms with van der Waals surface area (Å²) in [5, 5.41) is -0.0935. The zero-order valence-electron chi connectivity index (χ0n) is 21.7. The molecule has 0 N–H and O–H groups in total. The number of carbonyl (C=O) groups is 1. The zero-order valence-corrected chi connectivity index (χ0v) is 22.5. The number of benzene rings is 3. The Kier molecular flexibility index (Phi) is 7.24. The second-order valence-corrected chi connectivity index (χ2v) is 10.9. The molecule has 0 saturated carbocycles. The highest BCUT2D eigenvalue weighted by atomic mass is 32.2. The molecule has 0 saturated heterocycles. The highest BCUT2D eigenvalue weighted by molar-refractivity contribution is 7.88. The van der Waals surface area contributed by atoms with Gasteiger partial charge in [-0.3, -0.25) is 9.78 Å². The Morgan fingerprint density at radius 2 is 1.63 bits per heavy atom. The first-order valence-corrected chi connectivity index (χ1v) is 13.5. The van der Waals surface area contributed by atoms with Crippen LogP contribution in [0, 0.1) is 5.82 Å². The van der Waals surface area contributed by atoms with Crippen molar-refractivity contribution in [1.82, 2.24) is 9.88 Å². The summed E-state index contributed by atoms with van der Waals surface area (Å²) >= 11 is 0. The molecule has 1 aliphatic rings. The summed E-state index contributed by atoms with van der Waals surface area (Å²) in [6, 6.07) is 13.9. The highest BCUT2D eigenvalue weighted by Crippen LogP contribution is 2.46. The number of fused-ring (bicyclic) bond motifs is 2. The van der Waals surface area contributed by atoms with Crippen molar-refractivity contribution in [3.05, 3.63) is 94.4 Å². The molecular weight excluding hydrogens is 568 g/mol. The molecule has 0 fully saturated rings. The molecule has 0 unspecified atom stereocenters. The maximum atomic E-state index is 13.4. The van der Waals surface area contributed by atoms with Crippen LogP contribution in [0.3, 0.4) is 0 Å². The van der Waals surface area contributed by atoms with Gasteiger partial charge in [0, 0.05) is 24.2 Å². The van der Waals surface area contributed by atoms with E-state index in [0.29, 0.717) is 22.4 Å². The number of carbonyl (C=O) groups excluding carboxylic acids is 1. The van der Waals surface area contributed by atoms with Crippen LogP contribution in [0.2, 0.25) is 0 Å². The largest absolute Gasteiger partial charge is 0.534 e. The predicted octanol–water partition coefficient (Wildman–Crippen LogP) is 5.37. The number of hydrogen-bond acceptors (Lipinski definition) is 7. The van der Waals surface area contributed by atoms with Gasteiger partial charge in [-0.25, -0.2) is 4.39 Å². The van der Waals surface area contributed by atoms with Crippen molar-refractivity contribution >= 4 is 26.9 Å². The van der Waals surface area contributed by atoms with E-state index in [0.717, 1.165) is 0 Å². The summed E-state index contributed by atoms with van der Waals surface area (Å²) in [6.45, 7) is -0.267. The molecule has 13 heteroatoms. The zero-order chi connectivity index (χ0) is 29.5. The minimum Gasteiger partial charge on any atom is -0.497 e. The summed E-state index contributed by atoms with van der Waals surface area (Å²) in [4.78, 5) is 18.7. The molecule has 41 heavy (non-hydrogen) atoms. The van der Waals surface area contributed by atoms with Gasteiger partial charge in [0.05, 0.1) is 19.2 Å². The number of alkyl halides is 3. The van der Waals surface area contributed by atoms with Gasteiger partial charge in [0.25, 0.3) is 5.91 Å². The fourth-order valence-electron chi connectivity index (χ4n) is 4.48. The van der Waals surface area contributed by atoms with Gasteiger partial charge in [0.2, 0.25) is 0 Å². The summed E-state index contributed by atoms with van der Waals surface area (Å²) < 4.78 is 93.7. The normalized spacial score (nSPS) is 13.4. The van der Waals surface area contributed by atoms with Gasteiger partial charge in [-0.15, -0.1) is 0 Å². The van der Waals surface area contributed by atoms with E-state index in [9.17, 15) is 30.8 Å². The van der Waals surface area contributed by atoms with Crippen LogP contribution >= 0.6 is 0 Å². The van der Waals surface area contributed by atoms with Gasteiger partial charge in [0.15, 0.2) is 11.5 Å². The van der Waals surface area contributed by atoms with Crippen LogP contribution < -0.4 is 13.7 Å². The van der Waals surface area contributed by atoms with E-state index in [4.69, 9.17) is 13.7 Å². The van der Waals surface area contributed by atoms with Crippen LogP contribution in [-0.4, -0.2) is 43.9 Å². The molecule has 1 aliphatic heterocycles. The number of halogens is 4. The molecule has 0 radical (unpaired) electrons. The molecular formula is C28H22F4N2O6S. The van der Waals surface area contributed by atoms with Crippen molar-refractivity contribution in [2.75, 3.05) is 14.2 Å². The Labute approximate surface area is 232 Å². The number of ether oxygens (including phenoxy) is 2. The average Bonchev–Trinajstić information content (AvgIpc) is 3.23. The van der Waals surface area contributed by atoms with Gasteiger partial charge in [-0.2, -0.15) is 21.6 Å². The van der Waals surface area contributed by atoms with Crippen molar-refractivity contribution in [2.24, 2.45) is 0 Å². The van der Waals surface area contributed by atoms with E-state index in [-0.39, 0.29) is 47.4 Å². The summed E-state index contributed by atoms with van der Waals surface area (Å²) in [5.74, 6) is -1.11. The van der Waals surface area contributed by atoms with E-state index in [1.807, 2.05) is 0 Å². The van der Waals surface area contributed by atoms with E-state index in [1.54, 1.807) is 24.3 Å². The third-order valence-electron chi connectivity index (χ3n) is 6.50. The molecule has 0 aliphatic carbocycles. The third kappa shape index (κ3) is 5.49. The number of amides is 1. The minimum atomic E-state index is -6.10. The first-order valence-electron chi connectivity index (χ1n) is 12.1. The van der Waals surface area contributed by atoms with Gasteiger partial charge in [-0.1, -0.05) is 24.3 Å². The molecule has 1 aromatic heterocycles. The fourth-order valence-corrected chi connectivity index (χ4v) is 4.98. The third-order valence-corrected chi connectivity index (χ3v) is 7.46. The number of aromatic nitrogens is 1. The molecule has 3 aromatic carbocycles. The Bertz CT molecular complexity index is 1740. The minimum absolute atomic E-state index is 0.0229. The Morgan fingerprint density at radius 3 is 2.27 bits per heavy atom. The second kappa shape index (κ2) is 10.5. The number of methoxy groups -OCH3 is 1. The van der Waals surface area contributed by atoms with Crippen LogP contribution in [0.25, 0.3) is 10.9 Å². The summed E-state index contributed by atoms with van der Waals surface area (Å²) in [5.41, 5.74) is -4.16. The molecule has 0 atom stereocenters. The Morgan fingerprint density at radius 1 is 0.976 bits per heavy atom. The standard InChI is InChI=1S/C28H22F4N2O6S/c1-34-14-22-23(27(34)35)26(39-15-17-5-9-20(38-2)10-6-17)24-21(25(22)40-41(36,37)28(30,31)32)12-18(13-33-24)11-16-3-7-19(29)8-4-16/h3-10,12-13H,11,14-15H2,1-2H3. The van der Waals surface area contributed by atoms with Crippen molar-refractivity contribution < 1.29 is 44.4 Å². The van der Waals surface area contributed by atoms with Crippen LogP contribution in [0.5, 0.6) is 17.2 Å². The SMILES string of the molecule is COc1ccc(COc2c3c(c(OS(=O)(=O)C(F)(F)F)c4cc(Cc5ccc(F)cc5)cnc24)CN(C)C3=O)cc1. The fraction of sp³-hybridized carbons (Fsp3) is 0.214. The monoisotopic (exact) mass is 590 g/mol. The number of nitrogens with zero attached hydrogens (tertiary/aromatic N) is 2. The lowest BCUT2D eigenvalue weighted by Crippen LogP contribution is -2.28. The number of rotatable bonds is 8. The van der Waals surface area contributed by atoms with Gasteiger partial charge < -0.3 is 18.6 Å². The van der Waals surface area contributed by atoms with E-state index >= 15 is 0 Å². The van der Waals surface area contributed by atoms with Crippen LogP contribution in [-0.2, 0) is 29.7 Å². The van der Waals surface area contributed by atoms with E-state index in [1.165, 1.54) is 55.6 Å². The first kappa shape index (κ1) is 28.1. The predicted molar refractivity (Wildman–Crippen MR) is 140 cm³/mol. The number of pyridine rings is 1. The van der Waals surface area contributed by atoms with Crippen LogP contribution in [0.4, 0.5) is 17.6 Å². The topological polar surface area (TPSA) is 95.0 Å². The average molecular weight is 591 g/mol. The lowest BCUT2D eigenvalue weighted by molar-refractivity contribution is -0.0499. The number of hydrogen-bond donors (Lipinski definition) is 0. The van der Waals surface area contributed by atoms with Gasteiger partial charge in [-0.05, 0) is 53.4 Å². The maximum absolute atomic E-state index is 13.4. The lowest BCUT2D eigenvalue weighted by atomic mass is 9.99. The van der Waals surface area contributed by atoms with Crippen LogP contribution in [0.1, 0.15) is 32.6 Å². The molecule has 0 spiro atoms. The smallest absolute Gasteiger partial charge is 0.497 e. The van der Waals surface area contributed by atoms with Gasteiger partial charge in [0.1, 0.15) is 23.7 Å². The molecule has 8 nitrogen and oxygen atoms in total. The Hall–Kier alpha value is -4.39. The van der Waals surface area contributed by atoms with Gasteiger partial charge >= 0.3 is 15.6 Å². The van der Waals surface area contributed by atoms with Crippen molar-refractivity contribution in [3.8, 4) is 17.2 Å². The lowest BCUT2D eigenvalue weighted by Gasteiger charge is -2.18. The molecule has 5 rings (SSSR count). The van der Waals surface area contributed by atoms with Crippen molar-refractivity contribution in [2.45, 2.75) is 25.1 Å². The molecule has 0 bridgehead atoms.